The summed E-state index contributed by atoms with van der Waals surface area (Å²) in [6.45, 7) is 9.32. The molecule has 1 aromatic carbocycles. The summed E-state index contributed by atoms with van der Waals surface area (Å²) in [4.78, 5) is 11.4. The number of Topliss-reactive ketones (excluding diaryl/α,β-unsaturated/α-hetero) is 1. The number of allylic oxidation sites excluding steroid dienone is 1. The van der Waals surface area contributed by atoms with Gasteiger partial charge < -0.3 is 9.47 Å². The van der Waals surface area contributed by atoms with Gasteiger partial charge in [0.25, 0.3) is 0 Å². The van der Waals surface area contributed by atoms with Crippen molar-refractivity contribution in [3.63, 3.8) is 0 Å². The van der Waals surface area contributed by atoms with E-state index < -0.39 is 0 Å². The van der Waals surface area contributed by atoms with E-state index in [2.05, 4.69) is 6.58 Å². The molecule has 0 fully saturated rings. The van der Waals surface area contributed by atoms with Crippen LogP contribution in [0.25, 0.3) is 0 Å². The van der Waals surface area contributed by atoms with Crippen molar-refractivity contribution in [2.24, 2.45) is 5.92 Å². The van der Waals surface area contributed by atoms with Gasteiger partial charge in [0.1, 0.15) is 11.5 Å². The van der Waals surface area contributed by atoms with Crippen LogP contribution in [0.2, 0.25) is 0 Å². The SMILES string of the molecule is C=C(Oc1ccc(OC)c(C(C)=O)c1)C(C)C. The number of ether oxygens (including phenoxy) is 2. The normalized spacial score (nSPS) is 10.2. The monoisotopic (exact) mass is 234 g/mol. The lowest BCUT2D eigenvalue weighted by Crippen LogP contribution is -2.03. The molecule has 3 heteroatoms. The van der Waals surface area contributed by atoms with Crippen LogP contribution in [-0.4, -0.2) is 12.9 Å². The van der Waals surface area contributed by atoms with E-state index in [4.69, 9.17) is 9.47 Å². The topological polar surface area (TPSA) is 35.5 Å². The van der Waals surface area contributed by atoms with Crippen molar-refractivity contribution in [2.45, 2.75) is 20.8 Å². The first-order chi connectivity index (χ1) is 7.95. The van der Waals surface area contributed by atoms with E-state index in [9.17, 15) is 4.79 Å². The Morgan fingerprint density at radius 3 is 2.47 bits per heavy atom. The van der Waals surface area contributed by atoms with Gasteiger partial charge in [-0.05, 0) is 25.1 Å². The maximum atomic E-state index is 11.4. The standard InChI is InChI=1S/C14H18O3/c1-9(2)11(4)17-12-6-7-14(16-5)13(8-12)10(3)15/h6-9H,4H2,1-3,5H3. The summed E-state index contributed by atoms with van der Waals surface area (Å²) >= 11 is 0. The summed E-state index contributed by atoms with van der Waals surface area (Å²) in [5.41, 5.74) is 0.515. The van der Waals surface area contributed by atoms with Crippen molar-refractivity contribution < 1.29 is 14.3 Å². The number of rotatable bonds is 5. The lowest BCUT2D eigenvalue weighted by atomic mass is 10.1. The van der Waals surface area contributed by atoms with Crippen LogP contribution in [0.1, 0.15) is 31.1 Å². The highest BCUT2D eigenvalue weighted by Gasteiger charge is 2.11. The predicted octanol–water partition coefficient (Wildman–Crippen LogP) is 3.45. The largest absolute Gasteiger partial charge is 0.496 e. The highest BCUT2D eigenvalue weighted by Crippen LogP contribution is 2.26. The van der Waals surface area contributed by atoms with Gasteiger partial charge in [0.05, 0.1) is 18.4 Å². The van der Waals surface area contributed by atoms with Crippen LogP contribution >= 0.6 is 0 Å². The summed E-state index contributed by atoms with van der Waals surface area (Å²) in [7, 11) is 1.54. The minimum absolute atomic E-state index is 0.0533. The lowest BCUT2D eigenvalue weighted by molar-refractivity contribution is 0.101. The fraction of sp³-hybridized carbons (Fsp3) is 0.357. The van der Waals surface area contributed by atoms with Crippen LogP contribution in [-0.2, 0) is 0 Å². The summed E-state index contributed by atoms with van der Waals surface area (Å²) in [5.74, 6) is 2.01. The molecule has 0 saturated carbocycles. The molecular weight excluding hydrogens is 216 g/mol. The molecule has 1 aromatic rings. The van der Waals surface area contributed by atoms with Gasteiger partial charge in [-0.15, -0.1) is 0 Å². The van der Waals surface area contributed by atoms with Gasteiger partial charge in [0, 0.05) is 5.92 Å². The molecule has 0 heterocycles. The van der Waals surface area contributed by atoms with Crippen LogP contribution in [0.4, 0.5) is 0 Å². The van der Waals surface area contributed by atoms with Crippen molar-refractivity contribution in [3.8, 4) is 11.5 Å². The molecule has 0 saturated heterocycles. The Morgan fingerprint density at radius 1 is 1.35 bits per heavy atom. The molecule has 0 radical (unpaired) electrons. The van der Waals surface area contributed by atoms with Crippen molar-refractivity contribution in [2.75, 3.05) is 7.11 Å². The number of carbonyl (C=O) groups excluding carboxylic acids is 1. The van der Waals surface area contributed by atoms with Crippen molar-refractivity contribution in [1.29, 1.82) is 0 Å². The first-order valence-electron chi connectivity index (χ1n) is 5.51. The van der Waals surface area contributed by atoms with Crippen molar-refractivity contribution in [1.82, 2.24) is 0 Å². The number of benzene rings is 1. The molecule has 92 valence electrons. The quantitative estimate of drug-likeness (QED) is 0.578. The fourth-order valence-electron chi connectivity index (χ4n) is 1.29. The van der Waals surface area contributed by atoms with Crippen molar-refractivity contribution in [3.05, 3.63) is 36.1 Å². The van der Waals surface area contributed by atoms with Crippen molar-refractivity contribution >= 4 is 5.78 Å². The van der Waals surface area contributed by atoms with Gasteiger partial charge >= 0.3 is 0 Å². The van der Waals surface area contributed by atoms with Gasteiger partial charge in [-0.1, -0.05) is 20.4 Å². The van der Waals surface area contributed by atoms with Gasteiger partial charge in [-0.3, -0.25) is 4.79 Å². The number of carbonyl (C=O) groups is 1. The first kappa shape index (κ1) is 13.3. The van der Waals surface area contributed by atoms with E-state index in [1.807, 2.05) is 13.8 Å². The second kappa shape index (κ2) is 5.53. The number of hydrogen-bond donors (Lipinski definition) is 0. The summed E-state index contributed by atoms with van der Waals surface area (Å²) < 4.78 is 10.7. The van der Waals surface area contributed by atoms with E-state index in [0.29, 0.717) is 22.8 Å². The molecule has 0 aliphatic rings. The third-order valence-corrected chi connectivity index (χ3v) is 2.44. The molecule has 17 heavy (non-hydrogen) atoms. The van der Waals surface area contributed by atoms with E-state index >= 15 is 0 Å². The minimum atomic E-state index is -0.0533. The summed E-state index contributed by atoms with van der Waals surface area (Å²) in [6, 6.07) is 5.16. The molecule has 0 N–H and O–H groups in total. The van der Waals surface area contributed by atoms with E-state index in [-0.39, 0.29) is 11.7 Å². The number of hydrogen-bond acceptors (Lipinski definition) is 3. The Kier molecular flexibility index (Phi) is 4.32. The van der Waals surface area contributed by atoms with Crippen LogP contribution < -0.4 is 9.47 Å². The highest BCUT2D eigenvalue weighted by molar-refractivity contribution is 5.97. The molecule has 0 atom stereocenters. The zero-order chi connectivity index (χ0) is 13.0. The molecular formula is C14H18O3. The number of ketones is 1. The van der Waals surface area contributed by atoms with Crippen LogP contribution in [0, 0.1) is 5.92 Å². The molecule has 1 rings (SSSR count). The summed E-state index contributed by atoms with van der Waals surface area (Å²) in [6.07, 6.45) is 0. The molecule has 0 aliphatic carbocycles. The maximum Gasteiger partial charge on any atom is 0.163 e. The Labute approximate surface area is 102 Å². The predicted molar refractivity (Wildman–Crippen MR) is 67.6 cm³/mol. The van der Waals surface area contributed by atoms with Crippen LogP contribution in [0.15, 0.2) is 30.5 Å². The molecule has 0 aromatic heterocycles. The second-order valence-corrected chi connectivity index (χ2v) is 4.14. The third-order valence-electron chi connectivity index (χ3n) is 2.44. The molecule has 0 aliphatic heterocycles. The fourth-order valence-corrected chi connectivity index (χ4v) is 1.29. The Morgan fingerprint density at radius 2 is 2.00 bits per heavy atom. The molecule has 0 bridgehead atoms. The van der Waals surface area contributed by atoms with Gasteiger partial charge in [-0.25, -0.2) is 0 Å². The lowest BCUT2D eigenvalue weighted by Gasteiger charge is -2.13. The van der Waals surface area contributed by atoms with E-state index in [1.165, 1.54) is 14.0 Å². The smallest absolute Gasteiger partial charge is 0.163 e. The van der Waals surface area contributed by atoms with Gasteiger partial charge in [0.2, 0.25) is 0 Å². The van der Waals surface area contributed by atoms with Crippen LogP contribution in [0.5, 0.6) is 11.5 Å². The van der Waals surface area contributed by atoms with Gasteiger partial charge in [0.15, 0.2) is 5.78 Å². The molecule has 0 unspecified atom stereocenters. The molecule has 0 amide bonds. The van der Waals surface area contributed by atoms with E-state index in [1.54, 1.807) is 18.2 Å². The summed E-state index contributed by atoms with van der Waals surface area (Å²) in [5, 5.41) is 0. The second-order valence-electron chi connectivity index (χ2n) is 4.14. The zero-order valence-corrected chi connectivity index (χ0v) is 10.7. The number of methoxy groups -OCH3 is 1. The maximum absolute atomic E-state index is 11.4. The third kappa shape index (κ3) is 3.34. The van der Waals surface area contributed by atoms with Gasteiger partial charge in [-0.2, -0.15) is 0 Å². The highest BCUT2D eigenvalue weighted by atomic mass is 16.5. The molecule has 0 spiro atoms. The zero-order valence-electron chi connectivity index (χ0n) is 10.7. The van der Waals surface area contributed by atoms with E-state index in [0.717, 1.165) is 0 Å². The Hall–Kier alpha value is -1.77. The molecule has 3 nitrogen and oxygen atoms in total. The minimum Gasteiger partial charge on any atom is -0.496 e. The average Bonchev–Trinajstić information content (AvgIpc) is 2.28. The van der Waals surface area contributed by atoms with Crippen LogP contribution in [0.3, 0.4) is 0 Å². The first-order valence-corrected chi connectivity index (χ1v) is 5.51. The Bertz CT molecular complexity index is 433. The Balaban J connectivity index is 3.00. The average molecular weight is 234 g/mol.